The lowest BCUT2D eigenvalue weighted by Crippen LogP contribution is -2.65. The van der Waals surface area contributed by atoms with Crippen LogP contribution in [0.2, 0.25) is 0 Å². The number of carbonyl (C=O) groups excluding carboxylic acids is 1. The summed E-state index contributed by atoms with van der Waals surface area (Å²) in [5, 5.41) is 17.1. The third-order valence-corrected chi connectivity index (χ3v) is 14.4. The number of hydrogen-bond donors (Lipinski definition) is 2. The molecule has 0 radical (unpaired) electrons. The molecule has 1 amide bonds. The maximum Gasteiger partial charge on any atom is 0.229 e. The minimum atomic E-state index is -0.207. The summed E-state index contributed by atoms with van der Waals surface area (Å²) in [7, 11) is 0. The van der Waals surface area contributed by atoms with Crippen LogP contribution in [0.1, 0.15) is 113 Å². The lowest BCUT2D eigenvalue weighted by molar-refractivity contribution is -0.175. The standard InChI is InChI=1S/C34H55N3O2/c1-29(2)14-16-34(28(38)37-20-18-35-19-21-37)17-15-32(6)23(24(34)22-29)8-9-26-31(5)12-11-27(36-39)30(3,4)25(31)10-13-33(26,32)7/h8,24-26,35,39H,9-22H2,1-7H3/b36-27+/t24-,25-,26+,31-,32+,33+,34-/m0/s1. The van der Waals surface area contributed by atoms with E-state index in [1.54, 1.807) is 5.57 Å². The second-order valence-corrected chi connectivity index (χ2v) is 16.7. The lowest BCUT2D eigenvalue weighted by atomic mass is 9.33. The van der Waals surface area contributed by atoms with E-state index < -0.39 is 0 Å². The first-order chi connectivity index (χ1) is 18.3. The molecule has 7 atom stereocenters. The predicted octanol–water partition coefficient (Wildman–Crippen LogP) is 7.05. The van der Waals surface area contributed by atoms with Crippen molar-refractivity contribution in [3.8, 4) is 0 Å². The molecule has 0 aromatic rings. The van der Waals surface area contributed by atoms with E-state index in [0.29, 0.717) is 23.7 Å². The molecule has 5 aliphatic carbocycles. The van der Waals surface area contributed by atoms with Gasteiger partial charge in [0, 0.05) is 31.6 Å². The van der Waals surface area contributed by atoms with Gasteiger partial charge in [-0.15, -0.1) is 0 Å². The fourth-order valence-electron chi connectivity index (χ4n) is 11.8. The molecule has 6 aliphatic rings. The van der Waals surface area contributed by atoms with Gasteiger partial charge in [-0.1, -0.05) is 65.3 Å². The topological polar surface area (TPSA) is 64.9 Å². The van der Waals surface area contributed by atoms with Gasteiger partial charge < -0.3 is 15.4 Å². The number of nitrogens with one attached hydrogen (secondary N) is 1. The molecular weight excluding hydrogens is 482 g/mol. The average Bonchev–Trinajstić information content (AvgIpc) is 2.88. The van der Waals surface area contributed by atoms with Crippen LogP contribution >= 0.6 is 0 Å². The molecule has 0 spiro atoms. The Balaban J connectivity index is 1.41. The summed E-state index contributed by atoms with van der Waals surface area (Å²) in [6, 6.07) is 0. The largest absolute Gasteiger partial charge is 0.411 e. The van der Waals surface area contributed by atoms with Gasteiger partial charge in [0.2, 0.25) is 5.91 Å². The van der Waals surface area contributed by atoms with Crippen molar-refractivity contribution in [3.05, 3.63) is 11.6 Å². The molecule has 0 aromatic carbocycles. The SMILES string of the molecule is CC1(C)CC[C@]2(C(=O)N3CCNCC3)CC[C@]3(C)C(=CC[C@@H]4[C@@]5(C)CC/C(=N\O)C(C)(C)[C@@H]5CC[C@]43C)[C@@H]2C1. The summed E-state index contributed by atoms with van der Waals surface area (Å²) >= 11 is 0. The second kappa shape index (κ2) is 8.82. The van der Waals surface area contributed by atoms with Gasteiger partial charge in [-0.05, 0) is 104 Å². The zero-order valence-corrected chi connectivity index (χ0v) is 26.0. The molecular formula is C34H55N3O2. The first-order valence-electron chi connectivity index (χ1n) is 16.2. The maximum atomic E-state index is 14.5. The van der Waals surface area contributed by atoms with Crippen molar-refractivity contribution in [3.63, 3.8) is 0 Å². The van der Waals surface area contributed by atoms with Crippen LogP contribution in [0, 0.1) is 50.2 Å². The van der Waals surface area contributed by atoms with Gasteiger partial charge in [0.1, 0.15) is 0 Å². The van der Waals surface area contributed by atoms with Crippen molar-refractivity contribution in [1.82, 2.24) is 10.2 Å². The molecule has 218 valence electrons. The van der Waals surface area contributed by atoms with Gasteiger partial charge in [0.15, 0.2) is 0 Å². The number of oxime groups is 1. The minimum Gasteiger partial charge on any atom is -0.411 e. The zero-order valence-electron chi connectivity index (χ0n) is 26.0. The fourth-order valence-corrected chi connectivity index (χ4v) is 11.8. The van der Waals surface area contributed by atoms with E-state index in [9.17, 15) is 10.0 Å². The van der Waals surface area contributed by atoms with E-state index in [-0.39, 0.29) is 32.5 Å². The van der Waals surface area contributed by atoms with Crippen LogP contribution in [0.25, 0.3) is 0 Å². The smallest absolute Gasteiger partial charge is 0.229 e. The van der Waals surface area contributed by atoms with Gasteiger partial charge in [0.25, 0.3) is 0 Å². The van der Waals surface area contributed by atoms with Crippen LogP contribution in [0.4, 0.5) is 0 Å². The third-order valence-electron chi connectivity index (χ3n) is 14.4. The van der Waals surface area contributed by atoms with Crippen molar-refractivity contribution in [1.29, 1.82) is 0 Å². The van der Waals surface area contributed by atoms with Crippen molar-refractivity contribution < 1.29 is 10.0 Å². The van der Waals surface area contributed by atoms with E-state index in [1.165, 1.54) is 12.8 Å². The Labute approximate surface area is 237 Å². The molecule has 0 bridgehead atoms. The monoisotopic (exact) mass is 537 g/mol. The van der Waals surface area contributed by atoms with E-state index in [2.05, 4.69) is 69.9 Å². The number of allylic oxidation sites excluding steroid dienone is 2. The van der Waals surface area contributed by atoms with Crippen molar-refractivity contribution in [2.24, 2.45) is 55.4 Å². The molecule has 1 heterocycles. The van der Waals surface area contributed by atoms with Gasteiger partial charge >= 0.3 is 0 Å². The normalized spacial score (nSPS) is 47.8. The lowest BCUT2D eigenvalue weighted by Gasteiger charge is -2.71. The van der Waals surface area contributed by atoms with Gasteiger partial charge in [-0.25, -0.2) is 0 Å². The molecule has 0 aromatic heterocycles. The maximum absolute atomic E-state index is 14.5. The molecule has 5 heteroatoms. The second-order valence-electron chi connectivity index (χ2n) is 16.7. The van der Waals surface area contributed by atoms with Gasteiger partial charge in [-0.3, -0.25) is 4.79 Å². The fraction of sp³-hybridized carbons (Fsp3) is 0.882. The van der Waals surface area contributed by atoms with E-state index in [0.717, 1.165) is 83.3 Å². The number of amides is 1. The predicted molar refractivity (Wildman–Crippen MR) is 158 cm³/mol. The Morgan fingerprint density at radius 3 is 2.33 bits per heavy atom. The third kappa shape index (κ3) is 3.66. The molecule has 1 aliphatic heterocycles. The molecule has 6 rings (SSSR count). The average molecular weight is 538 g/mol. The first-order valence-corrected chi connectivity index (χ1v) is 16.2. The molecule has 0 unspecified atom stereocenters. The number of nitrogens with zero attached hydrogens (tertiary/aromatic N) is 2. The van der Waals surface area contributed by atoms with Crippen LogP contribution in [-0.2, 0) is 4.79 Å². The zero-order chi connectivity index (χ0) is 28.1. The molecule has 39 heavy (non-hydrogen) atoms. The highest BCUT2D eigenvalue weighted by Gasteiger charge is 2.69. The highest BCUT2D eigenvalue weighted by atomic mass is 16.4. The summed E-state index contributed by atoms with van der Waals surface area (Å²) in [6.07, 6.45) is 13.9. The Morgan fingerprint density at radius 1 is 0.949 bits per heavy atom. The number of fused-ring (bicyclic) bond motifs is 7. The van der Waals surface area contributed by atoms with Crippen LogP contribution in [-0.4, -0.2) is 47.9 Å². The molecule has 4 saturated carbocycles. The van der Waals surface area contributed by atoms with Crippen LogP contribution in [0.5, 0.6) is 0 Å². The summed E-state index contributed by atoms with van der Waals surface area (Å²) in [5.41, 5.74) is 3.31. The van der Waals surface area contributed by atoms with E-state index in [4.69, 9.17) is 0 Å². The van der Waals surface area contributed by atoms with E-state index >= 15 is 0 Å². The first kappa shape index (κ1) is 27.8. The summed E-state index contributed by atoms with van der Waals surface area (Å²) in [5.74, 6) is 2.03. The van der Waals surface area contributed by atoms with Crippen LogP contribution < -0.4 is 5.32 Å². The number of rotatable bonds is 1. The van der Waals surface area contributed by atoms with Gasteiger partial charge in [0.05, 0.1) is 11.1 Å². The highest BCUT2D eigenvalue weighted by molar-refractivity contribution is 5.90. The van der Waals surface area contributed by atoms with E-state index in [1.807, 2.05) is 0 Å². The molecule has 5 fully saturated rings. The number of hydrogen-bond acceptors (Lipinski definition) is 4. The van der Waals surface area contributed by atoms with Crippen molar-refractivity contribution in [2.45, 2.75) is 113 Å². The highest BCUT2D eigenvalue weighted by Crippen LogP contribution is 2.75. The molecule has 2 N–H and O–H groups in total. The summed E-state index contributed by atoms with van der Waals surface area (Å²) < 4.78 is 0. The van der Waals surface area contributed by atoms with Crippen LogP contribution in [0.3, 0.4) is 0 Å². The molecule has 1 saturated heterocycles. The Kier molecular flexibility index (Phi) is 6.29. The summed E-state index contributed by atoms with van der Waals surface area (Å²) in [6.45, 7) is 21.0. The van der Waals surface area contributed by atoms with Crippen molar-refractivity contribution in [2.75, 3.05) is 26.2 Å². The summed E-state index contributed by atoms with van der Waals surface area (Å²) in [4.78, 5) is 16.7. The number of piperazine rings is 1. The number of carbonyl (C=O) groups is 1. The Morgan fingerprint density at radius 2 is 1.64 bits per heavy atom. The quantitative estimate of drug-likeness (QED) is 0.214. The van der Waals surface area contributed by atoms with Crippen molar-refractivity contribution >= 4 is 11.6 Å². The Hall–Kier alpha value is -1.36. The van der Waals surface area contributed by atoms with Crippen LogP contribution in [0.15, 0.2) is 16.8 Å². The Bertz CT molecular complexity index is 1090. The van der Waals surface area contributed by atoms with Gasteiger partial charge in [-0.2, -0.15) is 0 Å². The molecule has 5 nitrogen and oxygen atoms in total. The minimum absolute atomic E-state index is 0.0567.